The van der Waals surface area contributed by atoms with Gasteiger partial charge in [-0.25, -0.2) is 4.21 Å². The third kappa shape index (κ3) is 9.51. The Morgan fingerprint density at radius 3 is 2.30 bits per heavy atom. The zero-order valence-electron chi connectivity index (χ0n) is 28.4. The van der Waals surface area contributed by atoms with Crippen LogP contribution in [0.2, 0.25) is 5.02 Å². The number of carbonyl (C=O) groups is 2. The van der Waals surface area contributed by atoms with Gasteiger partial charge >= 0.3 is 5.51 Å². The molecule has 13 heteroatoms. The number of allylic oxidation sites excluding steroid dienone is 1. The molecule has 1 fully saturated rings. The molecule has 1 aliphatic carbocycles. The van der Waals surface area contributed by atoms with Gasteiger partial charge in [0.1, 0.15) is 5.78 Å². The maximum atomic E-state index is 13.2. The molecule has 2 atom stereocenters. The lowest BCUT2D eigenvalue weighted by Crippen LogP contribution is -2.47. The van der Waals surface area contributed by atoms with E-state index in [1.165, 1.54) is 30.3 Å². The van der Waals surface area contributed by atoms with Gasteiger partial charge in [-0.15, -0.1) is 0 Å². The van der Waals surface area contributed by atoms with E-state index in [-0.39, 0.29) is 38.2 Å². The predicted octanol–water partition coefficient (Wildman–Crippen LogP) is 8.58. The van der Waals surface area contributed by atoms with Gasteiger partial charge in [0.15, 0.2) is 11.0 Å². The molecule has 0 spiro atoms. The van der Waals surface area contributed by atoms with Crippen molar-refractivity contribution in [3.05, 3.63) is 88.5 Å². The van der Waals surface area contributed by atoms with Gasteiger partial charge in [-0.2, -0.15) is 13.2 Å². The van der Waals surface area contributed by atoms with Gasteiger partial charge in [0.25, 0.3) is 5.91 Å². The Labute approximate surface area is 303 Å². The number of Topliss-reactive ketones (excluding diaryl/α,β-unsaturated/α-hetero) is 1. The Kier molecular flexibility index (Phi) is 12.4. The first kappa shape index (κ1) is 37.9. The van der Waals surface area contributed by atoms with Crippen molar-refractivity contribution in [1.82, 2.24) is 9.62 Å². The van der Waals surface area contributed by atoms with Crippen LogP contribution in [-0.2, 0) is 15.8 Å². The standard InChI is InChI=1S/C37H42ClF3N4O3S2/c1-4-5-34(46)36(2)17-16-31(25-6-10-28(38)11-7-25)27(23-36)24-44-18-20-45(21-19-44)29-12-8-26(9-13-29)35(47)43-50(48)30-14-15-32(42-3)33(22-30)49-37(39,40)41/h6-15,22,42H,4-5,16-21,23-24H2,1-3H3,(H,43,47). The highest BCUT2D eigenvalue weighted by Crippen LogP contribution is 2.45. The third-order valence-electron chi connectivity index (χ3n) is 9.43. The molecule has 1 aliphatic heterocycles. The van der Waals surface area contributed by atoms with E-state index < -0.39 is 22.4 Å². The summed E-state index contributed by atoms with van der Waals surface area (Å²) in [5.74, 6) is -0.248. The van der Waals surface area contributed by atoms with Crippen molar-refractivity contribution in [3.63, 3.8) is 0 Å². The predicted molar refractivity (Wildman–Crippen MR) is 197 cm³/mol. The zero-order chi connectivity index (χ0) is 36.1. The number of thioether (sulfide) groups is 1. The fourth-order valence-electron chi connectivity index (χ4n) is 6.65. The number of amides is 1. The molecule has 2 aliphatic rings. The van der Waals surface area contributed by atoms with E-state index in [0.717, 1.165) is 75.7 Å². The molecule has 3 aromatic carbocycles. The van der Waals surface area contributed by atoms with Crippen molar-refractivity contribution in [2.75, 3.05) is 50.0 Å². The highest BCUT2D eigenvalue weighted by molar-refractivity contribution is 8.00. The van der Waals surface area contributed by atoms with E-state index >= 15 is 0 Å². The second kappa shape index (κ2) is 16.4. The Bertz CT molecular complexity index is 1740. The van der Waals surface area contributed by atoms with Crippen LogP contribution in [-0.4, -0.2) is 66.1 Å². The van der Waals surface area contributed by atoms with Crippen LogP contribution in [0, 0.1) is 5.41 Å². The van der Waals surface area contributed by atoms with Crippen molar-refractivity contribution in [2.24, 2.45) is 5.41 Å². The van der Waals surface area contributed by atoms with Gasteiger partial charge in [0.2, 0.25) is 0 Å². The first-order valence-electron chi connectivity index (χ1n) is 16.7. The largest absolute Gasteiger partial charge is 0.446 e. The van der Waals surface area contributed by atoms with Crippen LogP contribution >= 0.6 is 23.4 Å². The summed E-state index contributed by atoms with van der Waals surface area (Å²) in [5.41, 5.74) is 0.416. The number of rotatable bonds is 12. The van der Waals surface area contributed by atoms with Crippen molar-refractivity contribution in [1.29, 1.82) is 0 Å². The van der Waals surface area contributed by atoms with Crippen molar-refractivity contribution in [2.45, 2.75) is 61.3 Å². The first-order valence-corrected chi connectivity index (χ1v) is 19.0. The number of piperazine rings is 1. The second-order valence-electron chi connectivity index (χ2n) is 13.0. The Balaban J connectivity index is 1.20. The average molecular weight is 747 g/mol. The minimum Gasteiger partial charge on any atom is -0.387 e. The van der Waals surface area contributed by atoms with E-state index in [4.69, 9.17) is 11.6 Å². The number of benzene rings is 3. The molecule has 268 valence electrons. The lowest BCUT2D eigenvalue weighted by Gasteiger charge is -2.40. The number of nitrogens with zero attached hydrogens (tertiary/aromatic N) is 2. The van der Waals surface area contributed by atoms with E-state index in [9.17, 15) is 27.0 Å². The number of ketones is 1. The maximum Gasteiger partial charge on any atom is 0.446 e. The van der Waals surface area contributed by atoms with Crippen LogP contribution in [0.4, 0.5) is 24.5 Å². The zero-order valence-corrected chi connectivity index (χ0v) is 30.8. The summed E-state index contributed by atoms with van der Waals surface area (Å²) in [7, 11) is -0.558. The van der Waals surface area contributed by atoms with Gasteiger partial charge in [0.05, 0.1) is 4.90 Å². The minimum absolute atomic E-state index is 0.0556. The second-order valence-corrected chi connectivity index (χ2v) is 15.7. The smallest absolute Gasteiger partial charge is 0.387 e. The van der Waals surface area contributed by atoms with Gasteiger partial charge in [-0.3, -0.25) is 19.2 Å². The van der Waals surface area contributed by atoms with Crippen molar-refractivity contribution < 1.29 is 27.0 Å². The van der Waals surface area contributed by atoms with Crippen LogP contribution in [0.1, 0.15) is 61.9 Å². The maximum absolute atomic E-state index is 13.2. The fourth-order valence-corrected chi connectivity index (χ4v) is 8.39. The molecule has 50 heavy (non-hydrogen) atoms. The lowest BCUT2D eigenvalue weighted by molar-refractivity contribution is -0.128. The molecule has 1 saturated heterocycles. The normalized spacial score (nSPS) is 19.3. The van der Waals surface area contributed by atoms with Gasteiger partial charge in [-0.05, 0) is 103 Å². The molecular weight excluding hydrogens is 705 g/mol. The molecule has 2 unspecified atom stereocenters. The summed E-state index contributed by atoms with van der Waals surface area (Å²) < 4.78 is 54.3. The van der Waals surface area contributed by atoms with E-state index in [0.29, 0.717) is 17.2 Å². The number of carbonyl (C=O) groups excluding carboxylic acids is 2. The Morgan fingerprint density at radius 2 is 1.68 bits per heavy atom. The number of halogens is 4. The van der Waals surface area contributed by atoms with E-state index in [1.54, 1.807) is 12.1 Å². The summed E-state index contributed by atoms with van der Waals surface area (Å²) in [5, 5.41) is 3.39. The van der Waals surface area contributed by atoms with Crippen molar-refractivity contribution >= 4 is 63.0 Å². The summed E-state index contributed by atoms with van der Waals surface area (Å²) in [4.78, 5) is 30.7. The molecule has 3 aromatic rings. The van der Waals surface area contributed by atoms with Crippen LogP contribution in [0.25, 0.3) is 5.57 Å². The molecule has 0 bridgehead atoms. The molecule has 7 nitrogen and oxygen atoms in total. The van der Waals surface area contributed by atoms with Gasteiger partial charge in [0, 0.05) is 78.5 Å². The molecule has 5 rings (SSSR count). The highest BCUT2D eigenvalue weighted by atomic mass is 35.5. The highest BCUT2D eigenvalue weighted by Gasteiger charge is 2.38. The SMILES string of the molecule is CCCC(=O)C1(C)CCC(c2ccc(Cl)cc2)=C(CN2CCN(c3ccc(C(=O)NS(=O)c4ccc(NC)c(SC(F)(F)F)c4)cc3)CC2)C1. The molecule has 0 saturated carbocycles. The summed E-state index contributed by atoms with van der Waals surface area (Å²) >= 11 is 5.88. The van der Waals surface area contributed by atoms with E-state index in [1.807, 2.05) is 24.3 Å². The summed E-state index contributed by atoms with van der Waals surface area (Å²) in [6.45, 7) is 8.21. The molecule has 2 N–H and O–H groups in total. The number of anilines is 2. The first-order chi connectivity index (χ1) is 23.8. The fraction of sp³-hybridized carbons (Fsp3) is 0.405. The van der Waals surface area contributed by atoms with Gasteiger partial charge in [-0.1, -0.05) is 43.2 Å². The third-order valence-corrected chi connectivity index (χ3v) is 11.5. The number of alkyl halides is 3. The quantitative estimate of drug-likeness (QED) is 0.180. The lowest BCUT2D eigenvalue weighted by atomic mass is 9.68. The van der Waals surface area contributed by atoms with Crippen LogP contribution in [0.5, 0.6) is 0 Å². The van der Waals surface area contributed by atoms with Crippen LogP contribution < -0.4 is 14.9 Å². The van der Waals surface area contributed by atoms with Crippen molar-refractivity contribution in [3.8, 4) is 0 Å². The minimum atomic E-state index is -4.52. The van der Waals surface area contributed by atoms with E-state index in [2.05, 4.69) is 45.8 Å². The molecule has 1 heterocycles. The number of hydrogen-bond acceptors (Lipinski definition) is 7. The monoisotopic (exact) mass is 746 g/mol. The molecule has 1 amide bonds. The number of hydrogen-bond donors (Lipinski definition) is 2. The molecular formula is C37H42ClF3N4O3S2. The molecule has 0 radical (unpaired) electrons. The molecule has 0 aromatic heterocycles. The van der Waals surface area contributed by atoms with Crippen LogP contribution in [0.3, 0.4) is 0 Å². The summed E-state index contributed by atoms with van der Waals surface area (Å²) in [6.07, 6.45) is 3.92. The van der Waals surface area contributed by atoms with Crippen LogP contribution in [0.15, 0.2) is 82.1 Å². The average Bonchev–Trinajstić information content (AvgIpc) is 3.08. The van der Waals surface area contributed by atoms with Gasteiger partial charge < -0.3 is 10.2 Å². The summed E-state index contributed by atoms with van der Waals surface area (Å²) in [6, 6.07) is 19.0. The Morgan fingerprint density at radius 1 is 1.00 bits per heavy atom. The number of nitrogens with one attached hydrogen (secondary N) is 2. The Hall–Kier alpha value is -3.32. The topological polar surface area (TPSA) is 81.8 Å².